The number of hydrogen-bond donors (Lipinski definition) is 9. The molecule has 3 aliphatic heterocycles. The summed E-state index contributed by atoms with van der Waals surface area (Å²) in [5.41, 5.74) is 2.20. The number of carboxylic acid groups (broad SMARTS) is 1. The molecule has 9 N–H and O–H groups in total. The minimum absolute atomic E-state index is 0.0124. The Labute approximate surface area is 536 Å². The number of Topliss-reactive ketones (excluding diaryl/α,β-unsaturated/α-hetero) is 2. The highest BCUT2D eigenvalue weighted by molar-refractivity contribution is 7.10. The summed E-state index contributed by atoms with van der Waals surface area (Å²) in [6.07, 6.45) is -6.78. The first kappa shape index (κ1) is 64.3. The molecule has 2 saturated heterocycles. The van der Waals surface area contributed by atoms with E-state index in [2.05, 4.69) is 39.7 Å². The number of nitrogens with one attached hydrogen (secondary N) is 3. The number of allylic oxidation sites excluding steroid dienone is 4. The van der Waals surface area contributed by atoms with Crippen LogP contribution in [0.25, 0.3) is 0 Å². The monoisotopic (exact) mass is 1290 g/mol. The largest absolute Gasteiger partial charge is 0.479 e. The number of amides is 4. The zero-order valence-electron chi connectivity index (χ0n) is 50.4. The highest BCUT2D eigenvalue weighted by Crippen LogP contribution is 2.70. The Morgan fingerprint density at radius 2 is 1.61 bits per heavy atom. The van der Waals surface area contributed by atoms with Crippen molar-refractivity contribution in [3.8, 4) is 17.6 Å². The molecule has 5 aromatic rings. The van der Waals surface area contributed by atoms with Gasteiger partial charge >= 0.3 is 12.1 Å². The summed E-state index contributed by atoms with van der Waals surface area (Å²) < 4.78 is 30.0. The lowest BCUT2D eigenvalue weighted by atomic mass is 9.46. The lowest BCUT2D eigenvalue weighted by Gasteiger charge is -2.59. The molecule has 4 amide bonds. The maximum Gasteiger partial charge on any atom is 0.413 e. The zero-order valence-corrected chi connectivity index (χ0v) is 51.2. The van der Waals surface area contributed by atoms with E-state index in [0.717, 1.165) is 23.1 Å². The predicted octanol–water partition coefficient (Wildman–Crippen LogP) is 4.71. The number of nitrogens with zero attached hydrogens (tertiary/aromatic N) is 2. The van der Waals surface area contributed by atoms with E-state index in [1.54, 1.807) is 47.9 Å². The van der Waals surface area contributed by atoms with Crippen molar-refractivity contribution in [2.45, 2.75) is 127 Å². The van der Waals surface area contributed by atoms with Crippen molar-refractivity contribution in [3.05, 3.63) is 159 Å². The van der Waals surface area contributed by atoms with Crippen molar-refractivity contribution in [2.75, 3.05) is 28.7 Å². The Kier molecular flexibility index (Phi) is 17.9. The van der Waals surface area contributed by atoms with Crippen molar-refractivity contribution in [3.63, 3.8) is 0 Å². The van der Waals surface area contributed by atoms with Gasteiger partial charge in [-0.05, 0) is 96.7 Å². The summed E-state index contributed by atoms with van der Waals surface area (Å²) >= 11 is 1.27. The number of aliphatic hydroxyl groups is 5. The fraction of sp³-hybridized carbons (Fsp3) is 0.397. The average molecular weight is 1290 g/mol. The molecule has 0 bridgehead atoms. The van der Waals surface area contributed by atoms with Gasteiger partial charge < -0.3 is 69.9 Å². The van der Waals surface area contributed by atoms with Crippen LogP contribution in [0.4, 0.5) is 22.0 Å². The van der Waals surface area contributed by atoms with Gasteiger partial charge in [0.05, 0.1) is 41.6 Å². The van der Waals surface area contributed by atoms with Gasteiger partial charge in [-0.3, -0.25) is 34.1 Å². The van der Waals surface area contributed by atoms with E-state index in [0.29, 0.717) is 46.6 Å². The van der Waals surface area contributed by atoms with Crippen molar-refractivity contribution in [1.82, 2.24) is 10.3 Å². The Bertz CT molecular complexity index is 3970. The fourth-order valence-corrected chi connectivity index (χ4v) is 15.6. The Balaban J connectivity index is 0.655. The van der Waals surface area contributed by atoms with Gasteiger partial charge in [0.25, 0.3) is 5.91 Å². The third kappa shape index (κ3) is 12.3. The Morgan fingerprint density at radius 1 is 0.871 bits per heavy atom. The first-order valence-corrected chi connectivity index (χ1v) is 31.3. The molecule has 1 aromatic heterocycles. The number of ether oxygens (including phenoxy) is 5. The van der Waals surface area contributed by atoms with Gasteiger partial charge in [0.15, 0.2) is 29.6 Å². The Morgan fingerprint density at radius 3 is 2.39 bits per heavy atom. The van der Waals surface area contributed by atoms with Gasteiger partial charge in [-0.1, -0.05) is 98.0 Å². The molecule has 93 heavy (non-hydrogen) atoms. The van der Waals surface area contributed by atoms with Crippen molar-refractivity contribution in [1.29, 1.82) is 0 Å². The molecule has 24 nitrogen and oxygen atoms in total. The molecule has 484 valence electrons. The molecule has 4 heterocycles. The van der Waals surface area contributed by atoms with Gasteiger partial charge in [0.1, 0.15) is 43.1 Å². The predicted molar refractivity (Wildman–Crippen MR) is 329 cm³/mol. The van der Waals surface area contributed by atoms with E-state index >= 15 is 0 Å². The fourth-order valence-electron chi connectivity index (χ4n) is 14.8. The molecule has 3 saturated carbocycles. The molecule has 0 radical (unpaired) electrons. The molecule has 5 fully saturated rings. The summed E-state index contributed by atoms with van der Waals surface area (Å²) in [7, 11) is 0. The number of carboxylic acids is 1. The number of fused-ring (bicyclic) bond motifs is 9. The SMILES string of the molecule is C[C@]12C=CC(=O)C=C1CC[C@@H]1[C@@H]2[C@@H](O)C[C@@]2(C)[C@H]1C[C@H]1O[C@H](c3ccc(Cc4nc(NC(=O)OCc5ccc(O[C@@H]6O[C@H](C(=O)O)[C@@H](O)[C@H](O)[C@H]6O)c(NC(=O)CCNC(=O)C(=O)CC(=O)N6Cc7ccccc7C#Cc7ccccc76)c5)cs4)cc3)O[C@]12C(=O)CO. The number of para-hydroxylation sites is 1. The molecule has 0 unspecified atom stereocenters. The quantitative estimate of drug-likeness (QED) is 0.0326. The van der Waals surface area contributed by atoms with Crippen LogP contribution >= 0.6 is 11.3 Å². The number of thiazole rings is 1. The van der Waals surface area contributed by atoms with E-state index in [9.17, 15) is 69.0 Å². The van der Waals surface area contributed by atoms with Crippen LogP contribution in [0.3, 0.4) is 0 Å². The first-order valence-electron chi connectivity index (χ1n) is 30.5. The van der Waals surface area contributed by atoms with Crippen LogP contribution in [0.1, 0.15) is 97.1 Å². The summed E-state index contributed by atoms with van der Waals surface area (Å²) in [6, 6.07) is 25.6. The second-order valence-corrected chi connectivity index (χ2v) is 25.8. The highest BCUT2D eigenvalue weighted by atomic mass is 32.1. The van der Waals surface area contributed by atoms with Crippen molar-refractivity contribution in [2.24, 2.45) is 28.6 Å². The van der Waals surface area contributed by atoms with E-state index in [4.69, 9.17) is 23.7 Å². The average Bonchev–Trinajstić information content (AvgIpc) is 1.55. The summed E-state index contributed by atoms with van der Waals surface area (Å²) in [5.74, 6) is 0.0685. The topological polar surface area (TPSA) is 356 Å². The second-order valence-electron chi connectivity index (χ2n) is 24.8. The third-order valence-electron chi connectivity index (χ3n) is 19.3. The Hall–Kier alpha value is -8.81. The molecule has 7 aliphatic rings. The lowest BCUT2D eigenvalue weighted by Crippen LogP contribution is -2.63. The van der Waals surface area contributed by atoms with Crippen LogP contribution in [0.15, 0.2) is 120 Å². The minimum Gasteiger partial charge on any atom is -0.479 e. The van der Waals surface area contributed by atoms with E-state index in [1.807, 2.05) is 55.5 Å². The number of carbonyl (C=O) groups is 8. The minimum atomic E-state index is -2.03. The number of rotatable bonds is 18. The van der Waals surface area contributed by atoms with Crippen LogP contribution in [0, 0.1) is 40.4 Å². The molecule has 4 aromatic carbocycles. The van der Waals surface area contributed by atoms with Crippen LogP contribution in [0.2, 0.25) is 0 Å². The zero-order chi connectivity index (χ0) is 65.7. The van der Waals surface area contributed by atoms with Gasteiger partial charge in [-0.15, -0.1) is 11.3 Å². The van der Waals surface area contributed by atoms with Gasteiger partial charge in [0, 0.05) is 58.2 Å². The molecule has 12 rings (SSSR count). The first-order chi connectivity index (χ1) is 44.6. The smallest absolute Gasteiger partial charge is 0.413 e. The number of benzene rings is 4. The lowest BCUT2D eigenvalue weighted by molar-refractivity contribution is -0.271. The van der Waals surface area contributed by atoms with Crippen LogP contribution in [-0.2, 0) is 72.1 Å². The molecule has 0 spiro atoms. The number of hydrogen-bond acceptors (Lipinski definition) is 20. The van der Waals surface area contributed by atoms with E-state index in [-0.39, 0.29) is 65.9 Å². The van der Waals surface area contributed by atoms with Crippen LogP contribution in [-0.4, -0.2) is 144 Å². The molecular formula is C68H67N5O19S. The number of aliphatic hydroxyl groups excluding tert-OH is 5. The van der Waals surface area contributed by atoms with Gasteiger partial charge in [-0.25, -0.2) is 14.6 Å². The number of anilines is 3. The molecule has 25 heteroatoms. The van der Waals surface area contributed by atoms with Gasteiger partial charge in [0.2, 0.25) is 23.9 Å². The maximum atomic E-state index is 14.1. The summed E-state index contributed by atoms with van der Waals surface area (Å²) in [5, 5.41) is 73.3. The van der Waals surface area contributed by atoms with Gasteiger partial charge in [-0.2, -0.15) is 0 Å². The third-order valence-corrected chi connectivity index (χ3v) is 20.2. The normalized spacial score (nSPS) is 29.5. The standard InChI is InChI=1S/C68H67N5O19S/c1-66-23-21-42(75)27-41(66)18-19-43-44-28-51-68(50(78)32-74,67(44,2)30-48(77)56(43)66)92-63(90-51)39-14-11-35(12-15-39)26-54-71-52(34-93-54)72-65(87)88-33-36-13-20-49(89-64-59(83)57(81)58(82)60(91-64)62(85)86)45(25-36)70-53(79)22-24-69-61(84)47(76)29-55(80)73-31-40-9-4-3-7-37(40)16-17-38-8-5-6-10-46(38)73/h3-15,20-21,23,25,27,34,43-44,48,51,56-60,63-64,74,77,81-83H,18-19,22,24,26,28-33H2,1-2H3,(H,69,84)(H,70,79)(H,72,87)(H,85,86)/t43-,44-,48-,51+,56+,57-,58-,59+,60-,63-,64+,66-,67-,68+/m0/s1. The molecular weight excluding hydrogens is 1220 g/mol. The number of aromatic nitrogens is 1. The number of aliphatic carboxylic acids is 1. The molecule has 4 aliphatic carbocycles. The van der Waals surface area contributed by atoms with E-state index < -0.39 is 133 Å². The van der Waals surface area contributed by atoms with Crippen LogP contribution < -0.4 is 25.6 Å². The molecule has 14 atom stereocenters. The summed E-state index contributed by atoms with van der Waals surface area (Å²) in [6.45, 7) is 2.60. The van der Waals surface area contributed by atoms with Crippen molar-refractivity contribution < 1.29 is 92.7 Å². The maximum absolute atomic E-state index is 14.1. The highest BCUT2D eigenvalue weighted by Gasteiger charge is 2.76. The number of carbonyl (C=O) groups excluding carboxylic acids is 7. The van der Waals surface area contributed by atoms with E-state index in [1.165, 1.54) is 34.4 Å². The van der Waals surface area contributed by atoms with Crippen molar-refractivity contribution >= 4 is 75.7 Å². The second kappa shape index (κ2) is 25.9. The van der Waals surface area contributed by atoms with Crippen LogP contribution in [0.5, 0.6) is 5.75 Å². The number of ketones is 3. The summed E-state index contributed by atoms with van der Waals surface area (Å²) in [4.78, 5) is 111.